The third-order valence-electron chi connectivity index (χ3n) is 6.07. The molecule has 5 rings (SSSR count). The maximum Gasteiger partial charge on any atom is 0.194 e. The molecule has 0 radical (unpaired) electrons. The van der Waals surface area contributed by atoms with E-state index in [1.54, 1.807) is 6.08 Å². The van der Waals surface area contributed by atoms with Gasteiger partial charge in [0, 0.05) is 11.8 Å². The highest BCUT2D eigenvalue weighted by Crippen LogP contribution is 2.55. The summed E-state index contributed by atoms with van der Waals surface area (Å²) in [5, 5.41) is 0. The van der Waals surface area contributed by atoms with Crippen LogP contribution >= 0.6 is 0 Å². The maximum absolute atomic E-state index is 12.9. The molecule has 1 heterocycles. The van der Waals surface area contributed by atoms with Crippen LogP contribution in [0.25, 0.3) is 5.57 Å². The summed E-state index contributed by atoms with van der Waals surface area (Å²) in [6, 6.07) is 8.56. The number of carbonyl (C=O) groups excluding carboxylic acids is 1. The Labute approximate surface area is 136 Å². The van der Waals surface area contributed by atoms with E-state index in [0.717, 1.165) is 18.4 Å². The van der Waals surface area contributed by atoms with Crippen molar-refractivity contribution in [1.29, 1.82) is 0 Å². The Hall–Kier alpha value is -1.71. The van der Waals surface area contributed by atoms with Gasteiger partial charge < -0.3 is 9.47 Å². The highest BCUT2D eigenvalue weighted by molar-refractivity contribution is 5.97. The molecular weight excluding hydrogens is 288 g/mol. The second kappa shape index (κ2) is 4.65. The van der Waals surface area contributed by atoms with E-state index in [9.17, 15) is 4.79 Å². The lowest BCUT2D eigenvalue weighted by atomic mass is 9.63. The molecule has 3 aliphatic carbocycles. The van der Waals surface area contributed by atoms with Crippen molar-refractivity contribution in [3.05, 3.63) is 53.1 Å². The first-order valence-electron chi connectivity index (χ1n) is 8.49. The summed E-state index contributed by atoms with van der Waals surface area (Å²) in [5.74, 6) is -0.0712. The predicted octanol–water partition coefficient (Wildman–Crippen LogP) is 3.15. The molecule has 3 heteroatoms. The normalized spacial score (nSPS) is 33.8. The summed E-state index contributed by atoms with van der Waals surface area (Å²) in [6.07, 6.45) is 5.91. The van der Waals surface area contributed by atoms with Crippen molar-refractivity contribution in [3.8, 4) is 0 Å². The lowest BCUT2D eigenvalue weighted by molar-refractivity contribution is -0.188. The van der Waals surface area contributed by atoms with E-state index in [0.29, 0.717) is 13.2 Å². The van der Waals surface area contributed by atoms with E-state index in [1.165, 1.54) is 16.7 Å². The topological polar surface area (TPSA) is 35.5 Å². The molecule has 0 N–H and O–H groups in total. The number of hydrogen-bond acceptors (Lipinski definition) is 3. The summed E-state index contributed by atoms with van der Waals surface area (Å²) in [7, 11) is 0. The molecule has 4 aliphatic rings. The molecule has 0 aromatic heterocycles. The van der Waals surface area contributed by atoms with E-state index >= 15 is 0 Å². The van der Waals surface area contributed by atoms with Crippen LogP contribution in [-0.2, 0) is 20.7 Å². The number of carbonyl (C=O) groups is 1. The Morgan fingerprint density at radius 3 is 2.78 bits per heavy atom. The Balaban J connectivity index is 1.62. The zero-order valence-electron chi connectivity index (χ0n) is 13.2. The molecule has 0 saturated carbocycles. The molecule has 23 heavy (non-hydrogen) atoms. The molecule has 1 aromatic rings. The maximum atomic E-state index is 12.9. The first kappa shape index (κ1) is 13.7. The molecule has 3 atom stereocenters. The van der Waals surface area contributed by atoms with Crippen LogP contribution in [0.3, 0.4) is 0 Å². The summed E-state index contributed by atoms with van der Waals surface area (Å²) < 4.78 is 12.1. The van der Waals surface area contributed by atoms with Crippen molar-refractivity contribution < 1.29 is 14.3 Å². The molecule has 0 bridgehead atoms. The first-order chi connectivity index (χ1) is 11.2. The number of ketones is 1. The molecule has 1 spiro atoms. The van der Waals surface area contributed by atoms with Gasteiger partial charge in [-0.15, -0.1) is 0 Å². The van der Waals surface area contributed by atoms with Crippen LogP contribution in [0.4, 0.5) is 0 Å². The van der Waals surface area contributed by atoms with E-state index in [4.69, 9.17) is 9.47 Å². The van der Waals surface area contributed by atoms with Crippen LogP contribution in [-0.4, -0.2) is 24.8 Å². The molecule has 0 amide bonds. The van der Waals surface area contributed by atoms with Gasteiger partial charge in [0.15, 0.2) is 11.6 Å². The second-order valence-corrected chi connectivity index (χ2v) is 7.09. The second-order valence-electron chi connectivity index (χ2n) is 7.09. The number of fused-ring (bicyclic) bond motifs is 6. The van der Waals surface area contributed by atoms with Crippen molar-refractivity contribution in [2.45, 2.75) is 25.6 Å². The monoisotopic (exact) mass is 308 g/mol. The predicted molar refractivity (Wildman–Crippen MR) is 86.6 cm³/mol. The largest absolute Gasteiger partial charge is 0.343 e. The lowest BCUT2D eigenvalue weighted by Gasteiger charge is -2.46. The van der Waals surface area contributed by atoms with E-state index in [2.05, 4.69) is 30.3 Å². The minimum Gasteiger partial charge on any atom is -0.343 e. The highest BCUT2D eigenvalue weighted by atomic mass is 16.7. The van der Waals surface area contributed by atoms with Gasteiger partial charge in [0.05, 0.1) is 13.2 Å². The van der Waals surface area contributed by atoms with Crippen LogP contribution in [0, 0.1) is 17.8 Å². The van der Waals surface area contributed by atoms with Crippen molar-refractivity contribution in [2.24, 2.45) is 17.8 Å². The van der Waals surface area contributed by atoms with Crippen LogP contribution < -0.4 is 0 Å². The highest BCUT2D eigenvalue weighted by Gasteiger charge is 2.57. The zero-order valence-corrected chi connectivity index (χ0v) is 13.2. The fourth-order valence-corrected chi connectivity index (χ4v) is 5.15. The van der Waals surface area contributed by atoms with Gasteiger partial charge in [-0.25, -0.2) is 0 Å². The Morgan fingerprint density at radius 2 is 1.96 bits per heavy atom. The van der Waals surface area contributed by atoms with E-state index in [-0.39, 0.29) is 23.5 Å². The van der Waals surface area contributed by atoms with Crippen LogP contribution in [0.15, 0.2) is 42.0 Å². The number of benzene rings is 1. The average molecular weight is 308 g/mol. The lowest BCUT2D eigenvalue weighted by Crippen LogP contribution is -2.52. The number of hydrogen-bond donors (Lipinski definition) is 0. The Morgan fingerprint density at radius 1 is 1.17 bits per heavy atom. The summed E-state index contributed by atoms with van der Waals surface area (Å²) >= 11 is 0. The fourth-order valence-electron chi connectivity index (χ4n) is 5.15. The number of allylic oxidation sites excluding steroid dienone is 3. The molecule has 118 valence electrons. The van der Waals surface area contributed by atoms with Gasteiger partial charge >= 0.3 is 0 Å². The summed E-state index contributed by atoms with van der Waals surface area (Å²) in [4.78, 5) is 12.9. The van der Waals surface area contributed by atoms with Crippen molar-refractivity contribution in [1.82, 2.24) is 0 Å². The van der Waals surface area contributed by atoms with Gasteiger partial charge in [0.1, 0.15) is 0 Å². The smallest absolute Gasteiger partial charge is 0.194 e. The van der Waals surface area contributed by atoms with E-state index < -0.39 is 5.79 Å². The van der Waals surface area contributed by atoms with Gasteiger partial charge in [0.2, 0.25) is 0 Å². The van der Waals surface area contributed by atoms with Gasteiger partial charge in [-0.1, -0.05) is 30.3 Å². The van der Waals surface area contributed by atoms with E-state index in [1.807, 2.05) is 6.92 Å². The molecule has 1 saturated heterocycles. The Bertz CT molecular complexity index is 752. The Kier molecular flexibility index (Phi) is 2.77. The molecule has 3 unspecified atom stereocenters. The van der Waals surface area contributed by atoms with Gasteiger partial charge in [0.25, 0.3) is 0 Å². The van der Waals surface area contributed by atoms with Crippen LogP contribution in [0.5, 0.6) is 0 Å². The SMILES string of the molecule is CC1=CC(=O)C2C3Cc4ccccc4C3=CCC2C12OCCO2. The molecule has 1 aliphatic heterocycles. The minimum atomic E-state index is -0.671. The third-order valence-corrected chi connectivity index (χ3v) is 6.07. The molecule has 3 nitrogen and oxygen atoms in total. The van der Waals surface area contributed by atoms with Crippen molar-refractivity contribution in [2.75, 3.05) is 13.2 Å². The van der Waals surface area contributed by atoms with Gasteiger partial charge in [-0.2, -0.15) is 0 Å². The standard InChI is InChI=1S/C20H20O3/c1-12-10-18(21)19-16-11-13-4-2-3-5-14(13)15(16)6-7-17(19)20(12)22-8-9-23-20/h2-6,10,16-17,19H,7-9,11H2,1H3. The zero-order chi connectivity index (χ0) is 15.6. The van der Waals surface area contributed by atoms with Crippen molar-refractivity contribution in [3.63, 3.8) is 0 Å². The fraction of sp³-hybridized carbons (Fsp3) is 0.450. The van der Waals surface area contributed by atoms with Crippen molar-refractivity contribution >= 4 is 11.4 Å². The number of rotatable bonds is 0. The first-order valence-corrected chi connectivity index (χ1v) is 8.49. The van der Waals surface area contributed by atoms with Crippen LogP contribution in [0.2, 0.25) is 0 Å². The molecule has 1 fully saturated rings. The van der Waals surface area contributed by atoms with Gasteiger partial charge in [-0.3, -0.25) is 4.79 Å². The van der Waals surface area contributed by atoms with Crippen LogP contribution in [0.1, 0.15) is 24.5 Å². The third kappa shape index (κ3) is 1.69. The summed E-state index contributed by atoms with van der Waals surface area (Å²) in [6.45, 7) is 3.20. The molecular formula is C20H20O3. The average Bonchev–Trinajstić information content (AvgIpc) is 3.18. The molecule has 1 aromatic carbocycles. The minimum absolute atomic E-state index is 0.0239. The quantitative estimate of drug-likeness (QED) is 0.738. The number of ether oxygens (including phenoxy) is 2. The summed E-state index contributed by atoms with van der Waals surface area (Å²) in [5.41, 5.74) is 4.99. The van der Waals surface area contributed by atoms with Gasteiger partial charge in [-0.05, 0) is 54.0 Å².